The lowest BCUT2D eigenvalue weighted by Gasteiger charge is -2.26. The molecule has 2 aromatic heterocycles. The van der Waals surface area contributed by atoms with Crippen LogP contribution in [0.3, 0.4) is 0 Å². The van der Waals surface area contributed by atoms with Gasteiger partial charge in [-0.25, -0.2) is 0 Å². The zero-order valence-corrected chi connectivity index (χ0v) is 24.5. The van der Waals surface area contributed by atoms with Gasteiger partial charge in [-0.05, 0) is 77.7 Å². The molecule has 0 amide bonds. The molecule has 6 aromatic carbocycles. The molecule has 3 heteroatoms. The monoisotopic (exact) mass is 576 g/mol. The second-order valence-corrected chi connectivity index (χ2v) is 12.1. The molecule has 0 saturated heterocycles. The van der Waals surface area contributed by atoms with Crippen molar-refractivity contribution in [2.24, 2.45) is 0 Å². The number of aromatic nitrogens is 1. The highest BCUT2D eigenvalue weighted by molar-refractivity contribution is 6.15. The summed E-state index contributed by atoms with van der Waals surface area (Å²) in [6.07, 6.45) is 7.83. The molecule has 8 aromatic rings. The average molecular weight is 577 g/mol. The van der Waals surface area contributed by atoms with Gasteiger partial charge in [-0.1, -0.05) is 97.1 Å². The van der Waals surface area contributed by atoms with Crippen molar-refractivity contribution in [1.82, 2.24) is 4.57 Å². The van der Waals surface area contributed by atoms with E-state index in [0.717, 1.165) is 45.4 Å². The number of hydrogen-bond donors (Lipinski definition) is 0. The standard InChI is InChI=1S/C42H28N2O/c1-2-9-27(10-3-1)28-17-19-29(20-18-28)43(31-22-24-41-37(26-31)33-12-5-7-16-40(33)45-41)30-21-23-39-36(25-30)35-14-8-13-34-32-11-4-6-15-38(32)44(39)42(34)35/h1-14,16-26,38H,15H2. The van der Waals surface area contributed by atoms with Crippen LogP contribution < -0.4 is 4.90 Å². The second-order valence-electron chi connectivity index (χ2n) is 12.1. The van der Waals surface area contributed by atoms with Crippen molar-refractivity contribution >= 4 is 66.4 Å². The molecule has 1 aliphatic heterocycles. The molecule has 0 radical (unpaired) electrons. The van der Waals surface area contributed by atoms with E-state index >= 15 is 0 Å². The lowest BCUT2D eigenvalue weighted by atomic mass is 9.94. The molecule has 2 aliphatic rings. The topological polar surface area (TPSA) is 21.3 Å². The molecule has 45 heavy (non-hydrogen) atoms. The van der Waals surface area contributed by atoms with Gasteiger partial charge in [0, 0.05) is 49.7 Å². The van der Waals surface area contributed by atoms with Crippen molar-refractivity contribution in [3.05, 3.63) is 157 Å². The summed E-state index contributed by atoms with van der Waals surface area (Å²) in [6.45, 7) is 0. The molecule has 10 rings (SSSR count). The van der Waals surface area contributed by atoms with Gasteiger partial charge in [0.05, 0.1) is 11.6 Å². The highest BCUT2D eigenvalue weighted by atomic mass is 16.3. The lowest BCUT2D eigenvalue weighted by Crippen LogP contribution is -2.10. The molecule has 3 nitrogen and oxygen atoms in total. The predicted molar refractivity (Wildman–Crippen MR) is 188 cm³/mol. The van der Waals surface area contributed by atoms with Crippen LogP contribution in [0.4, 0.5) is 17.1 Å². The molecule has 1 unspecified atom stereocenters. The Hall–Kier alpha value is -5.80. The van der Waals surface area contributed by atoms with Crippen molar-refractivity contribution in [2.45, 2.75) is 12.5 Å². The molecule has 212 valence electrons. The molecule has 0 bridgehead atoms. The summed E-state index contributed by atoms with van der Waals surface area (Å²) in [5.41, 5.74) is 13.0. The SMILES string of the molecule is C1=CCC2C(=C1)c1cccc3c4cc(N(c5ccc(-c6ccccc6)cc5)c5ccc6oc7ccccc7c6c5)ccc4n2c13. The molecule has 0 spiro atoms. The van der Waals surface area contributed by atoms with E-state index in [0.29, 0.717) is 6.04 Å². The molecule has 1 atom stereocenters. The third-order valence-corrected chi connectivity index (χ3v) is 9.67. The van der Waals surface area contributed by atoms with Crippen LogP contribution in [0.5, 0.6) is 0 Å². The van der Waals surface area contributed by atoms with Crippen LogP contribution in [0.15, 0.2) is 156 Å². The third-order valence-electron chi connectivity index (χ3n) is 9.67. The van der Waals surface area contributed by atoms with Crippen LogP contribution in [0.25, 0.3) is 60.4 Å². The van der Waals surface area contributed by atoms with Gasteiger partial charge in [0.1, 0.15) is 11.2 Å². The van der Waals surface area contributed by atoms with Crippen LogP contribution >= 0.6 is 0 Å². The van der Waals surface area contributed by atoms with E-state index in [1.165, 1.54) is 44.1 Å². The van der Waals surface area contributed by atoms with Crippen LogP contribution in [0, 0.1) is 0 Å². The van der Waals surface area contributed by atoms with Crippen LogP contribution in [0.2, 0.25) is 0 Å². The van der Waals surface area contributed by atoms with Crippen molar-refractivity contribution in [3.8, 4) is 11.1 Å². The Labute approximate surface area is 260 Å². The summed E-state index contributed by atoms with van der Waals surface area (Å²) in [7, 11) is 0. The predicted octanol–water partition coefficient (Wildman–Crippen LogP) is 11.7. The first-order valence-corrected chi connectivity index (χ1v) is 15.6. The fourth-order valence-corrected chi connectivity index (χ4v) is 7.65. The zero-order chi connectivity index (χ0) is 29.5. The zero-order valence-electron chi connectivity index (χ0n) is 24.5. The Morgan fingerprint density at radius 1 is 0.578 bits per heavy atom. The quantitative estimate of drug-likeness (QED) is 0.208. The fourth-order valence-electron chi connectivity index (χ4n) is 7.65. The Morgan fingerprint density at radius 3 is 2.18 bits per heavy atom. The summed E-state index contributed by atoms with van der Waals surface area (Å²) < 4.78 is 8.77. The maximum absolute atomic E-state index is 6.20. The second kappa shape index (κ2) is 9.35. The van der Waals surface area contributed by atoms with E-state index in [2.05, 4.69) is 149 Å². The molecule has 0 saturated carbocycles. The molecule has 3 heterocycles. The minimum absolute atomic E-state index is 0.358. The first-order chi connectivity index (χ1) is 22.3. The highest BCUT2D eigenvalue weighted by Gasteiger charge is 2.32. The van der Waals surface area contributed by atoms with Crippen molar-refractivity contribution in [3.63, 3.8) is 0 Å². The van der Waals surface area contributed by atoms with Crippen LogP contribution in [-0.2, 0) is 0 Å². The van der Waals surface area contributed by atoms with Gasteiger partial charge in [0.15, 0.2) is 0 Å². The minimum atomic E-state index is 0.358. The number of furan rings is 1. The maximum Gasteiger partial charge on any atom is 0.135 e. The van der Waals surface area contributed by atoms with E-state index < -0.39 is 0 Å². The molecule has 0 fully saturated rings. The van der Waals surface area contributed by atoms with Gasteiger partial charge >= 0.3 is 0 Å². The summed E-state index contributed by atoms with van der Waals surface area (Å²) in [6, 6.07) is 48.5. The van der Waals surface area contributed by atoms with E-state index in [-0.39, 0.29) is 0 Å². The van der Waals surface area contributed by atoms with E-state index in [4.69, 9.17) is 4.42 Å². The van der Waals surface area contributed by atoms with Gasteiger partial charge in [-0.15, -0.1) is 0 Å². The van der Waals surface area contributed by atoms with Gasteiger partial charge in [-0.2, -0.15) is 0 Å². The van der Waals surface area contributed by atoms with Crippen LogP contribution in [-0.4, -0.2) is 4.57 Å². The maximum atomic E-state index is 6.20. The molecular formula is C42H28N2O. The number of para-hydroxylation sites is 2. The normalized spacial score (nSPS) is 15.3. The number of rotatable bonds is 4. The number of hydrogen-bond acceptors (Lipinski definition) is 2. The van der Waals surface area contributed by atoms with Gasteiger partial charge in [-0.3, -0.25) is 0 Å². The first kappa shape index (κ1) is 24.6. The minimum Gasteiger partial charge on any atom is -0.456 e. The van der Waals surface area contributed by atoms with Gasteiger partial charge < -0.3 is 13.9 Å². The molecule has 0 N–H and O–H groups in total. The number of allylic oxidation sites excluding steroid dienone is 4. The van der Waals surface area contributed by atoms with Crippen molar-refractivity contribution in [1.29, 1.82) is 0 Å². The van der Waals surface area contributed by atoms with Crippen molar-refractivity contribution in [2.75, 3.05) is 4.90 Å². The van der Waals surface area contributed by atoms with E-state index in [1.54, 1.807) is 0 Å². The molecular weight excluding hydrogens is 548 g/mol. The average Bonchev–Trinajstić information content (AvgIpc) is 3.76. The Bertz CT molecular complexity index is 2510. The number of benzene rings is 6. The third kappa shape index (κ3) is 3.58. The van der Waals surface area contributed by atoms with Crippen LogP contribution in [0.1, 0.15) is 18.0 Å². The van der Waals surface area contributed by atoms with E-state index in [9.17, 15) is 0 Å². The Balaban J connectivity index is 1.19. The Kier molecular flexibility index (Phi) is 5.11. The highest BCUT2D eigenvalue weighted by Crippen LogP contribution is 2.50. The summed E-state index contributed by atoms with van der Waals surface area (Å²) in [5, 5.41) is 4.86. The largest absolute Gasteiger partial charge is 0.456 e. The fraction of sp³-hybridized carbons (Fsp3) is 0.0476. The summed E-state index contributed by atoms with van der Waals surface area (Å²) in [4.78, 5) is 2.38. The van der Waals surface area contributed by atoms with E-state index in [1.807, 2.05) is 12.1 Å². The van der Waals surface area contributed by atoms with Gasteiger partial charge in [0.2, 0.25) is 0 Å². The number of nitrogens with zero attached hydrogens (tertiary/aromatic N) is 2. The van der Waals surface area contributed by atoms with Crippen molar-refractivity contribution < 1.29 is 4.42 Å². The number of fused-ring (bicyclic) bond motifs is 9. The lowest BCUT2D eigenvalue weighted by molar-refractivity contribution is 0.669. The van der Waals surface area contributed by atoms with Gasteiger partial charge in [0.25, 0.3) is 0 Å². The Morgan fingerprint density at radius 2 is 1.29 bits per heavy atom. The smallest absolute Gasteiger partial charge is 0.135 e. The molecule has 1 aliphatic carbocycles. The summed E-state index contributed by atoms with van der Waals surface area (Å²) >= 11 is 0. The summed E-state index contributed by atoms with van der Waals surface area (Å²) in [5.74, 6) is 0. The first-order valence-electron chi connectivity index (χ1n) is 15.6. The number of anilines is 3.